The Bertz CT molecular complexity index is 497. The Morgan fingerprint density at radius 1 is 1.55 bits per heavy atom. The van der Waals surface area contributed by atoms with E-state index in [2.05, 4.69) is 49.9 Å². The third-order valence-corrected chi connectivity index (χ3v) is 10.8. The Morgan fingerprint density at radius 2 is 2.15 bits per heavy atom. The molecule has 0 aliphatic heterocycles. The predicted molar refractivity (Wildman–Crippen MR) is 80.1 cm³/mol. The fourth-order valence-electron chi connectivity index (χ4n) is 2.14. The number of nitrogens with one attached hydrogen (secondary N) is 1. The summed E-state index contributed by atoms with van der Waals surface area (Å²) in [5.41, 5.74) is -0.315. The average Bonchev–Trinajstić information content (AvgIpc) is 2.86. The summed E-state index contributed by atoms with van der Waals surface area (Å²) in [5.74, 6) is -0.278. The van der Waals surface area contributed by atoms with Gasteiger partial charge in [0.05, 0.1) is 14.1 Å². The summed E-state index contributed by atoms with van der Waals surface area (Å²) in [5, 5.41) is 19.5. The van der Waals surface area contributed by atoms with Gasteiger partial charge >= 0.3 is 0 Å². The first-order chi connectivity index (χ1) is 9.13. The SMILES string of the molecule is CC(C)(C)[Si](C)(C)[C@H](CC#N)C(O)C(=O)c1ncc[nH]1. The van der Waals surface area contributed by atoms with E-state index >= 15 is 0 Å². The highest BCUT2D eigenvalue weighted by Crippen LogP contribution is 2.46. The minimum atomic E-state index is -2.03. The van der Waals surface area contributed by atoms with E-state index in [9.17, 15) is 9.90 Å². The lowest BCUT2D eigenvalue weighted by molar-refractivity contribution is 0.0717. The van der Waals surface area contributed by atoms with Gasteiger partial charge in [0, 0.05) is 24.4 Å². The average molecular weight is 293 g/mol. The van der Waals surface area contributed by atoms with E-state index in [1.807, 2.05) is 0 Å². The normalized spacial score (nSPS) is 15.4. The molecule has 0 amide bonds. The van der Waals surface area contributed by atoms with Gasteiger partial charge in [0.15, 0.2) is 5.82 Å². The first-order valence-corrected chi connectivity index (χ1v) is 9.79. The largest absolute Gasteiger partial charge is 0.385 e. The highest BCUT2D eigenvalue weighted by Gasteiger charge is 2.47. The number of aromatic nitrogens is 2. The molecule has 0 bridgehead atoms. The third-order valence-electron chi connectivity index (χ3n) is 4.55. The Kier molecular flexibility index (Phi) is 4.89. The van der Waals surface area contributed by atoms with Crippen molar-refractivity contribution in [1.29, 1.82) is 5.26 Å². The van der Waals surface area contributed by atoms with E-state index < -0.39 is 20.0 Å². The molecular formula is C14H23N3O2Si. The van der Waals surface area contributed by atoms with E-state index in [0.29, 0.717) is 0 Å². The molecule has 2 atom stereocenters. The van der Waals surface area contributed by atoms with Gasteiger partial charge in [-0.2, -0.15) is 5.26 Å². The minimum absolute atomic E-state index is 0.0149. The second-order valence-corrected chi connectivity index (χ2v) is 12.4. The van der Waals surface area contributed by atoms with Crippen molar-refractivity contribution in [1.82, 2.24) is 9.97 Å². The molecule has 0 aromatic carbocycles. The second-order valence-electron chi connectivity index (χ2n) is 6.69. The van der Waals surface area contributed by atoms with Crippen LogP contribution in [-0.4, -0.2) is 35.0 Å². The van der Waals surface area contributed by atoms with Gasteiger partial charge in [-0.1, -0.05) is 33.9 Å². The van der Waals surface area contributed by atoms with Gasteiger partial charge in [0.2, 0.25) is 5.78 Å². The maximum atomic E-state index is 12.3. The molecule has 1 rings (SSSR count). The number of carbonyl (C=O) groups excluding carboxylic acids is 1. The van der Waals surface area contributed by atoms with Crippen LogP contribution in [0.15, 0.2) is 12.4 Å². The number of aromatic amines is 1. The molecule has 5 nitrogen and oxygen atoms in total. The Morgan fingerprint density at radius 3 is 2.55 bits per heavy atom. The molecule has 20 heavy (non-hydrogen) atoms. The van der Waals surface area contributed by atoms with E-state index in [4.69, 9.17) is 5.26 Å². The number of nitrogens with zero attached hydrogens (tertiary/aromatic N) is 2. The zero-order valence-electron chi connectivity index (χ0n) is 12.8. The number of carbonyl (C=O) groups is 1. The van der Waals surface area contributed by atoms with E-state index in [1.54, 1.807) is 6.20 Å². The van der Waals surface area contributed by atoms with Gasteiger partial charge in [0.1, 0.15) is 6.10 Å². The number of rotatable bonds is 5. The molecule has 0 spiro atoms. The summed E-state index contributed by atoms with van der Waals surface area (Å²) in [6.45, 7) is 10.6. The van der Waals surface area contributed by atoms with Crippen LogP contribution in [0.2, 0.25) is 23.7 Å². The molecule has 0 aliphatic carbocycles. The first-order valence-electron chi connectivity index (χ1n) is 6.71. The van der Waals surface area contributed by atoms with Gasteiger partial charge < -0.3 is 10.1 Å². The molecule has 0 saturated carbocycles. The van der Waals surface area contributed by atoms with Crippen molar-refractivity contribution in [3.8, 4) is 6.07 Å². The zero-order chi connectivity index (χ0) is 15.6. The van der Waals surface area contributed by atoms with Crippen LogP contribution < -0.4 is 0 Å². The van der Waals surface area contributed by atoms with Crippen LogP contribution in [0.25, 0.3) is 0 Å². The quantitative estimate of drug-likeness (QED) is 0.645. The standard InChI is InChI=1S/C14H23N3O2Si/c1-14(2,3)20(4,5)10(6-7-15)11(18)12(19)13-16-8-9-17-13/h8-11,18H,6H2,1-5H3,(H,16,17)/t10-,11?/m1/s1. The lowest BCUT2D eigenvalue weighted by Crippen LogP contribution is -2.48. The molecule has 1 aromatic heterocycles. The third kappa shape index (κ3) is 3.17. The minimum Gasteiger partial charge on any atom is -0.385 e. The van der Waals surface area contributed by atoms with Crippen molar-refractivity contribution in [3.05, 3.63) is 18.2 Å². The van der Waals surface area contributed by atoms with Crippen LogP contribution in [0, 0.1) is 11.3 Å². The van der Waals surface area contributed by atoms with Crippen molar-refractivity contribution in [2.24, 2.45) is 0 Å². The van der Waals surface area contributed by atoms with E-state index in [0.717, 1.165) is 0 Å². The second kappa shape index (κ2) is 5.90. The van der Waals surface area contributed by atoms with Crippen LogP contribution in [0.3, 0.4) is 0 Å². The van der Waals surface area contributed by atoms with Crippen molar-refractivity contribution in [3.63, 3.8) is 0 Å². The molecule has 6 heteroatoms. The summed E-state index contributed by atoms with van der Waals surface area (Å²) in [6, 6.07) is 2.12. The molecule has 0 fully saturated rings. The van der Waals surface area contributed by atoms with Crippen molar-refractivity contribution in [2.75, 3.05) is 0 Å². The number of Topliss-reactive ketones (excluding diaryl/α,β-unsaturated/α-hetero) is 1. The van der Waals surface area contributed by atoms with Crippen LogP contribution in [0.4, 0.5) is 0 Å². The number of H-pyrrole nitrogens is 1. The maximum absolute atomic E-state index is 12.3. The van der Waals surface area contributed by atoms with E-state index in [1.165, 1.54) is 6.20 Å². The highest BCUT2D eigenvalue weighted by atomic mass is 28.3. The van der Waals surface area contributed by atoms with Crippen LogP contribution in [-0.2, 0) is 0 Å². The number of nitriles is 1. The molecule has 1 aromatic rings. The topological polar surface area (TPSA) is 89.8 Å². The van der Waals surface area contributed by atoms with Gasteiger partial charge in [-0.3, -0.25) is 4.79 Å². The molecule has 1 unspecified atom stereocenters. The molecule has 2 N–H and O–H groups in total. The Labute approximate surface area is 121 Å². The van der Waals surface area contributed by atoms with E-state index in [-0.39, 0.29) is 22.8 Å². The summed E-state index contributed by atoms with van der Waals surface area (Å²) in [6.07, 6.45) is 2.03. The lowest BCUT2D eigenvalue weighted by Gasteiger charge is -2.43. The fourth-order valence-corrected chi connectivity index (χ4v) is 4.79. The molecule has 0 aliphatic rings. The summed E-state index contributed by atoms with van der Waals surface area (Å²) >= 11 is 0. The molecule has 1 heterocycles. The monoisotopic (exact) mass is 293 g/mol. The summed E-state index contributed by atoms with van der Waals surface area (Å²) in [7, 11) is -2.03. The van der Waals surface area contributed by atoms with Crippen LogP contribution in [0.1, 0.15) is 37.8 Å². The maximum Gasteiger partial charge on any atom is 0.226 e. The number of hydrogen-bond acceptors (Lipinski definition) is 4. The van der Waals surface area contributed by atoms with Gasteiger partial charge in [-0.05, 0) is 5.04 Å². The molecule has 0 saturated heterocycles. The number of ketones is 1. The van der Waals surface area contributed by atoms with Gasteiger partial charge in [-0.25, -0.2) is 4.98 Å². The Balaban J connectivity index is 3.09. The molecule has 110 valence electrons. The molecule has 0 radical (unpaired) electrons. The lowest BCUT2D eigenvalue weighted by atomic mass is 10.1. The smallest absolute Gasteiger partial charge is 0.226 e. The number of aliphatic hydroxyl groups is 1. The summed E-state index contributed by atoms with van der Waals surface area (Å²) in [4.78, 5) is 18.9. The predicted octanol–water partition coefficient (Wildman–Crippen LogP) is 2.75. The van der Waals surface area contributed by atoms with Crippen LogP contribution >= 0.6 is 0 Å². The molecular weight excluding hydrogens is 270 g/mol. The van der Waals surface area contributed by atoms with Crippen LogP contribution in [0.5, 0.6) is 0 Å². The number of imidazole rings is 1. The van der Waals surface area contributed by atoms with Crippen molar-refractivity contribution >= 4 is 13.9 Å². The zero-order valence-corrected chi connectivity index (χ0v) is 13.8. The highest BCUT2D eigenvalue weighted by molar-refractivity contribution is 6.82. The summed E-state index contributed by atoms with van der Waals surface area (Å²) < 4.78 is 0. The number of aliphatic hydroxyl groups excluding tert-OH is 1. The van der Waals surface area contributed by atoms with Gasteiger partial charge in [0.25, 0.3) is 0 Å². The fraction of sp³-hybridized carbons (Fsp3) is 0.643. The van der Waals surface area contributed by atoms with Gasteiger partial charge in [-0.15, -0.1) is 0 Å². The Hall–Kier alpha value is -1.45. The first kappa shape index (κ1) is 16.6. The number of hydrogen-bond donors (Lipinski definition) is 2. The van der Waals surface area contributed by atoms with Crippen molar-refractivity contribution < 1.29 is 9.90 Å². The van der Waals surface area contributed by atoms with Crippen molar-refractivity contribution in [2.45, 2.75) is 57.0 Å².